The van der Waals surface area contributed by atoms with Gasteiger partial charge in [0.15, 0.2) is 5.78 Å². The van der Waals surface area contributed by atoms with Gasteiger partial charge in [0.05, 0.1) is 12.5 Å². The Labute approximate surface area is 108 Å². The molecule has 2 heteroatoms. The number of allylic oxidation sites excluding steroid dienone is 2. The van der Waals surface area contributed by atoms with E-state index < -0.39 is 0 Å². The van der Waals surface area contributed by atoms with Gasteiger partial charge in [0.1, 0.15) is 5.75 Å². The van der Waals surface area contributed by atoms with Crippen molar-refractivity contribution >= 4 is 5.78 Å². The third-order valence-corrected chi connectivity index (χ3v) is 3.86. The second-order valence-corrected chi connectivity index (χ2v) is 5.16. The highest BCUT2D eigenvalue weighted by molar-refractivity contribution is 5.97. The molecule has 0 amide bonds. The molecule has 1 atom stereocenters. The number of rotatable bonds is 2. The molecule has 0 N–H and O–H groups in total. The van der Waals surface area contributed by atoms with Crippen LogP contribution in [0, 0.1) is 5.92 Å². The van der Waals surface area contributed by atoms with Crippen LogP contribution in [0.1, 0.15) is 31.2 Å². The normalized spacial score (nSPS) is 22.7. The van der Waals surface area contributed by atoms with E-state index in [1.165, 1.54) is 12.0 Å². The molecule has 2 nitrogen and oxygen atoms in total. The third-order valence-electron chi connectivity index (χ3n) is 3.86. The fraction of sp³-hybridized carbons (Fsp3) is 0.438. The minimum atomic E-state index is 0.0178. The average molecular weight is 242 g/mol. The molecule has 1 heterocycles. The zero-order chi connectivity index (χ0) is 12.4. The zero-order valence-electron chi connectivity index (χ0n) is 10.5. The van der Waals surface area contributed by atoms with Gasteiger partial charge in [0.2, 0.25) is 0 Å². The molecule has 0 fully saturated rings. The molecule has 0 radical (unpaired) electrons. The molecule has 1 aliphatic heterocycles. The summed E-state index contributed by atoms with van der Waals surface area (Å²) >= 11 is 0. The number of fused-ring (bicyclic) bond motifs is 1. The lowest BCUT2D eigenvalue weighted by Gasteiger charge is -2.25. The van der Waals surface area contributed by atoms with Crippen molar-refractivity contribution in [3.05, 3.63) is 41.5 Å². The Kier molecular flexibility index (Phi) is 3.18. The smallest absolute Gasteiger partial charge is 0.165 e. The van der Waals surface area contributed by atoms with E-state index in [1.54, 1.807) is 0 Å². The first-order valence-electron chi connectivity index (χ1n) is 6.78. The molecule has 1 unspecified atom stereocenters. The number of para-hydroxylation sites is 1. The molecule has 0 bridgehead atoms. The molecule has 0 spiro atoms. The summed E-state index contributed by atoms with van der Waals surface area (Å²) in [7, 11) is 0. The molecule has 1 aromatic rings. The summed E-state index contributed by atoms with van der Waals surface area (Å²) in [5, 5.41) is 0. The number of carbonyl (C=O) groups is 1. The molecular formula is C16H18O2. The van der Waals surface area contributed by atoms with Crippen molar-refractivity contribution in [1.82, 2.24) is 0 Å². The first-order valence-corrected chi connectivity index (χ1v) is 6.78. The van der Waals surface area contributed by atoms with E-state index in [0.29, 0.717) is 12.4 Å². The quantitative estimate of drug-likeness (QED) is 0.795. The highest BCUT2D eigenvalue weighted by Gasteiger charge is 2.28. The summed E-state index contributed by atoms with van der Waals surface area (Å²) in [5.41, 5.74) is 2.20. The number of benzene rings is 1. The van der Waals surface area contributed by atoms with Gasteiger partial charge < -0.3 is 4.74 Å². The molecule has 94 valence electrons. The van der Waals surface area contributed by atoms with E-state index in [2.05, 4.69) is 12.1 Å². The van der Waals surface area contributed by atoms with Crippen LogP contribution in [0.15, 0.2) is 35.9 Å². The first-order chi connectivity index (χ1) is 8.84. The van der Waals surface area contributed by atoms with E-state index in [-0.39, 0.29) is 5.92 Å². The maximum Gasteiger partial charge on any atom is 0.165 e. The fourth-order valence-electron chi connectivity index (χ4n) is 2.82. The Morgan fingerprint density at radius 1 is 1.22 bits per heavy atom. The molecule has 0 saturated carbocycles. The van der Waals surface area contributed by atoms with E-state index in [4.69, 9.17) is 4.74 Å². The van der Waals surface area contributed by atoms with Crippen LogP contribution in [0.5, 0.6) is 5.75 Å². The van der Waals surface area contributed by atoms with Crippen LogP contribution in [0.2, 0.25) is 0 Å². The van der Waals surface area contributed by atoms with Crippen molar-refractivity contribution in [3.63, 3.8) is 0 Å². The largest absolute Gasteiger partial charge is 0.493 e. The van der Waals surface area contributed by atoms with Crippen molar-refractivity contribution in [2.75, 3.05) is 6.61 Å². The van der Waals surface area contributed by atoms with Crippen molar-refractivity contribution in [2.45, 2.75) is 32.1 Å². The predicted octanol–water partition coefficient (Wildman–Crippen LogP) is 3.31. The molecule has 18 heavy (non-hydrogen) atoms. The number of ether oxygens (including phenoxy) is 1. The average Bonchev–Trinajstić information content (AvgIpc) is 2.47. The lowest BCUT2D eigenvalue weighted by atomic mass is 9.86. The van der Waals surface area contributed by atoms with Crippen molar-refractivity contribution in [1.29, 1.82) is 0 Å². The number of carbonyl (C=O) groups excluding carboxylic acids is 1. The number of Topliss-reactive ketones (excluding diaryl/α,β-unsaturated/α-hetero) is 1. The standard InChI is InChI=1S/C16H18O2/c17-16(12-6-2-1-3-7-12)14-10-13-8-4-5-9-15(13)18-11-14/h4-6,8-9,14H,1-3,7,10-11H2. The minimum absolute atomic E-state index is 0.0178. The van der Waals surface area contributed by atoms with Gasteiger partial charge >= 0.3 is 0 Å². The molecule has 1 aromatic carbocycles. The lowest BCUT2D eigenvalue weighted by Crippen LogP contribution is -2.29. The summed E-state index contributed by atoms with van der Waals surface area (Å²) in [6.07, 6.45) is 7.35. The van der Waals surface area contributed by atoms with Crippen LogP contribution in [-0.4, -0.2) is 12.4 Å². The van der Waals surface area contributed by atoms with Gasteiger partial charge in [-0.15, -0.1) is 0 Å². The number of ketones is 1. The predicted molar refractivity (Wildman–Crippen MR) is 70.7 cm³/mol. The van der Waals surface area contributed by atoms with Gasteiger partial charge in [0, 0.05) is 0 Å². The van der Waals surface area contributed by atoms with E-state index in [0.717, 1.165) is 37.0 Å². The van der Waals surface area contributed by atoms with Gasteiger partial charge in [-0.05, 0) is 49.3 Å². The van der Waals surface area contributed by atoms with E-state index >= 15 is 0 Å². The topological polar surface area (TPSA) is 26.3 Å². The van der Waals surface area contributed by atoms with Crippen molar-refractivity contribution in [3.8, 4) is 5.75 Å². The Morgan fingerprint density at radius 3 is 2.94 bits per heavy atom. The fourth-order valence-corrected chi connectivity index (χ4v) is 2.82. The Hall–Kier alpha value is -1.57. The van der Waals surface area contributed by atoms with Gasteiger partial charge in [-0.3, -0.25) is 4.79 Å². The van der Waals surface area contributed by atoms with Crippen LogP contribution in [0.25, 0.3) is 0 Å². The van der Waals surface area contributed by atoms with Crippen LogP contribution >= 0.6 is 0 Å². The summed E-state index contributed by atoms with van der Waals surface area (Å²) in [5.74, 6) is 1.27. The van der Waals surface area contributed by atoms with Crippen LogP contribution in [0.4, 0.5) is 0 Å². The van der Waals surface area contributed by atoms with Gasteiger partial charge in [-0.2, -0.15) is 0 Å². The van der Waals surface area contributed by atoms with Crippen LogP contribution in [0.3, 0.4) is 0 Å². The maximum atomic E-state index is 12.4. The summed E-state index contributed by atoms with van der Waals surface area (Å²) in [6.45, 7) is 0.535. The van der Waals surface area contributed by atoms with Crippen LogP contribution < -0.4 is 4.74 Å². The van der Waals surface area contributed by atoms with E-state index in [1.807, 2.05) is 18.2 Å². The molecule has 2 aliphatic rings. The SMILES string of the molecule is O=C(C1=CCCCC1)C1COc2ccccc2C1. The molecule has 0 saturated heterocycles. The number of hydrogen-bond donors (Lipinski definition) is 0. The highest BCUT2D eigenvalue weighted by Crippen LogP contribution is 2.30. The maximum absolute atomic E-state index is 12.4. The Bertz CT molecular complexity index is 488. The third kappa shape index (κ3) is 2.20. The first kappa shape index (κ1) is 11.5. The summed E-state index contributed by atoms with van der Waals surface area (Å²) in [6, 6.07) is 8.03. The van der Waals surface area contributed by atoms with Gasteiger partial charge in [-0.25, -0.2) is 0 Å². The minimum Gasteiger partial charge on any atom is -0.493 e. The molecule has 1 aliphatic carbocycles. The monoisotopic (exact) mass is 242 g/mol. The lowest BCUT2D eigenvalue weighted by molar-refractivity contribution is -0.120. The van der Waals surface area contributed by atoms with E-state index in [9.17, 15) is 4.79 Å². The summed E-state index contributed by atoms with van der Waals surface area (Å²) < 4.78 is 5.70. The van der Waals surface area contributed by atoms with Crippen LogP contribution in [-0.2, 0) is 11.2 Å². The van der Waals surface area contributed by atoms with Crippen molar-refractivity contribution in [2.24, 2.45) is 5.92 Å². The second-order valence-electron chi connectivity index (χ2n) is 5.16. The molecule has 3 rings (SSSR count). The van der Waals surface area contributed by atoms with Gasteiger partial charge in [-0.1, -0.05) is 24.3 Å². The highest BCUT2D eigenvalue weighted by atomic mass is 16.5. The van der Waals surface area contributed by atoms with Gasteiger partial charge in [0.25, 0.3) is 0 Å². The molecule has 0 aromatic heterocycles. The second kappa shape index (κ2) is 4.97. The Morgan fingerprint density at radius 2 is 2.11 bits per heavy atom. The summed E-state index contributed by atoms with van der Waals surface area (Å²) in [4.78, 5) is 12.4. The molecular weight excluding hydrogens is 224 g/mol. The van der Waals surface area contributed by atoms with Crippen molar-refractivity contribution < 1.29 is 9.53 Å². The number of hydrogen-bond acceptors (Lipinski definition) is 2. The zero-order valence-corrected chi connectivity index (χ0v) is 10.5. The Balaban J connectivity index is 1.75.